The molecule has 1 fully saturated rings. The summed E-state index contributed by atoms with van der Waals surface area (Å²) in [5, 5.41) is 41.1. The van der Waals surface area contributed by atoms with E-state index in [2.05, 4.69) is 11.9 Å². The number of nitrogens with one attached hydrogen (secondary N) is 1. The van der Waals surface area contributed by atoms with Gasteiger partial charge in [0.2, 0.25) is 12.2 Å². The maximum atomic E-state index is 11.4. The van der Waals surface area contributed by atoms with Gasteiger partial charge in [-0.15, -0.1) is 0 Å². The summed E-state index contributed by atoms with van der Waals surface area (Å²) in [6.45, 7) is 2.79. The Bertz CT molecular complexity index is 563. The van der Waals surface area contributed by atoms with Crippen LogP contribution in [0.25, 0.3) is 0 Å². The summed E-state index contributed by atoms with van der Waals surface area (Å²) in [6, 6.07) is 6.41. The first-order valence-electron chi connectivity index (χ1n) is 6.97. The number of benzene rings is 1. The van der Waals surface area contributed by atoms with Crippen molar-refractivity contribution < 1.29 is 34.7 Å². The Labute approximate surface area is 132 Å². The molecule has 8 heteroatoms. The van der Waals surface area contributed by atoms with Crippen LogP contribution < -0.4 is 10.1 Å². The molecule has 1 aromatic carbocycles. The third-order valence-electron chi connectivity index (χ3n) is 3.42. The van der Waals surface area contributed by atoms with E-state index < -0.39 is 43.2 Å². The number of anilines is 1. The van der Waals surface area contributed by atoms with Gasteiger partial charge in [0.25, 0.3) is 0 Å². The van der Waals surface area contributed by atoms with Gasteiger partial charge in [-0.05, 0) is 18.2 Å². The van der Waals surface area contributed by atoms with Crippen LogP contribution in [-0.4, -0.2) is 63.6 Å². The number of rotatable bonds is 5. The Hall–Kier alpha value is -1.97. The molecule has 1 aliphatic heterocycles. The van der Waals surface area contributed by atoms with Gasteiger partial charge >= 0.3 is 0 Å². The lowest BCUT2D eigenvalue weighted by molar-refractivity contribution is -0.277. The molecule has 126 valence electrons. The van der Waals surface area contributed by atoms with Crippen LogP contribution in [0.5, 0.6) is 5.75 Å². The second-order valence-electron chi connectivity index (χ2n) is 5.00. The number of carbonyl (C=O) groups excluding carboxylic acids is 1. The lowest BCUT2D eigenvalue weighted by Gasteiger charge is -2.39. The molecule has 0 bridgehead atoms. The SMILES string of the molecule is C=CC(=O)Nc1ccccc1O[C@H]1O[C@H](CO)[C@@H](O)[C@H](O)[C@@H]1O. The zero-order chi connectivity index (χ0) is 17.0. The van der Waals surface area contributed by atoms with E-state index >= 15 is 0 Å². The lowest BCUT2D eigenvalue weighted by Crippen LogP contribution is -2.60. The normalized spacial score (nSPS) is 30.5. The first-order valence-corrected chi connectivity index (χ1v) is 6.97. The van der Waals surface area contributed by atoms with Crippen molar-refractivity contribution in [3.8, 4) is 5.75 Å². The fraction of sp³-hybridized carbons (Fsp3) is 0.400. The summed E-state index contributed by atoms with van der Waals surface area (Å²) in [7, 11) is 0. The van der Waals surface area contributed by atoms with Gasteiger partial charge in [-0.25, -0.2) is 0 Å². The van der Waals surface area contributed by atoms with Gasteiger partial charge in [-0.1, -0.05) is 18.7 Å². The fourth-order valence-corrected chi connectivity index (χ4v) is 2.15. The van der Waals surface area contributed by atoms with E-state index in [9.17, 15) is 20.1 Å². The van der Waals surface area contributed by atoms with E-state index in [1.165, 1.54) is 6.07 Å². The number of hydrogen-bond donors (Lipinski definition) is 5. The number of aliphatic hydroxyl groups is 4. The number of ether oxygens (including phenoxy) is 2. The van der Waals surface area contributed by atoms with Gasteiger partial charge in [0.1, 0.15) is 30.2 Å². The van der Waals surface area contributed by atoms with Crippen LogP contribution in [0.1, 0.15) is 0 Å². The average molecular weight is 325 g/mol. The van der Waals surface area contributed by atoms with Crippen molar-refractivity contribution in [1.82, 2.24) is 0 Å². The van der Waals surface area contributed by atoms with Crippen molar-refractivity contribution in [1.29, 1.82) is 0 Å². The highest BCUT2D eigenvalue weighted by atomic mass is 16.7. The van der Waals surface area contributed by atoms with Crippen LogP contribution in [0.4, 0.5) is 5.69 Å². The zero-order valence-electron chi connectivity index (χ0n) is 12.2. The Morgan fingerprint density at radius 1 is 1.26 bits per heavy atom. The standard InChI is InChI=1S/C15H19NO7/c1-2-11(18)16-8-5-3-4-6-9(8)22-15-14(21)13(20)12(19)10(7-17)23-15/h2-6,10,12-15,17,19-21H,1,7H2,(H,16,18)/t10-,12-,13+,14+,15+/m1/s1. The van der Waals surface area contributed by atoms with E-state index in [1.807, 2.05) is 0 Å². The van der Waals surface area contributed by atoms with E-state index in [1.54, 1.807) is 18.2 Å². The summed E-state index contributed by atoms with van der Waals surface area (Å²) in [5.74, 6) is -0.262. The Balaban J connectivity index is 2.18. The molecule has 0 spiro atoms. The molecule has 0 aromatic heterocycles. The molecule has 2 rings (SSSR count). The molecular weight excluding hydrogens is 306 g/mol. The Kier molecular flexibility index (Phi) is 5.69. The molecule has 1 aliphatic rings. The average Bonchev–Trinajstić information content (AvgIpc) is 2.56. The molecule has 5 atom stereocenters. The number of aliphatic hydroxyl groups excluding tert-OH is 4. The smallest absolute Gasteiger partial charge is 0.247 e. The van der Waals surface area contributed by atoms with Crippen LogP contribution >= 0.6 is 0 Å². The number of hydrogen-bond acceptors (Lipinski definition) is 7. The van der Waals surface area contributed by atoms with Gasteiger partial charge < -0.3 is 35.2 Å². The van der Waals surface area contributed by atoms with Crippen molar-refractivity contribution in [2.24, 2.45) is 0 Å². The first-order chi connectivity index (χ1) is 11.0. The van der Waals surface area contributed by atoms with E-state index in [0.717, 1.165) is 6.08 Å². The molecule has 0 unspecified atom stereocenters. The maximum Gasteiger partial charge on any atom is 0.247 e. The largest absolute Gasteiger partial charge is 0.460 e. The molecule has 8 nitrogen and oxygen atoms in total. The third kappa shape index (κ3) is 3.87. The van der Waals surface area contributed by atoms with Gasteiger partial charge in [-0.2, -0.15) is 0 Å². The molecule has 1 amide bonds. The molecule has 0 radical (unpaired) electrons. The Morgan fingerprint density at radius 2 is 1.96 bits per heavy atom. The Morgan fingerprint density at radius 3 is 2.61 bits per heavy atom. The predicted molar refractivity (Wildman–Crippen MR) is 79.7 cm³/mol. The van der Waals surface area contributed by atoms with Crippen molar-refractivity contribution in [2.45, 2.75) is 30.7 Å². The zero-order valence-corrected chi connectivity index (χ0v) is 12.2. The minimum absolute atomic E-state index is 0.187. The second-order valence-corrected chi connectivity index (χ2v) is 5.00. The maximum absolute atomic E-state index is 11.4. The topological polar surface area (TPSA) is 128 Å². The molecule has 1 saturated heterocycles. The fourth-order valence-electron chi connectivity index (χ4n) is 2.15. The minimum atomic E-state index is -1.54. The molecule has 0 aliphatic carbocycles. The number of amides is 1. The van der Waals surface area contributed by atoms with Crippen LogP contribution in [0.15, 0.2) is 36.9 Å². The van der Waals surface area contributed by atoms with Gasteiger partial charge in [0.05, 0.1) is 12.3 Å². The van der Waals surface area contributed by atoms with Crippen LogP contribution in [0.3, 0.4) is 0 Å². The highest BCUT2D eigenvalue weighted by molar-refractivity contribution is 5.99. The second kappa shape index (κ2) is 7.53. The quantitative estimate of drug-likeness (QED) is 0.439. The van der Waals surface area contributed by atoms with Gasteiger partial charge in [-0.3, -0.25) is 4.79 Å². The molecule has 5 N–H and O–H groups in total. The summed E-state index contributed by atoms with van der Waals surface area (Å²) in [4.78, 5) is 11.4. The van der Waals surface area contributed by atoms with Crippen molar-refractivity contribution in [2.75, 3.05) is 11.9 Å². The number of para-hydroxylation sites is 2. The predicted octanol–water partition coefficient (Wildman–Crippen LogP) is -1.01. The van der Waals surface area contributed by atoms with Crippen molar-refractivity contribution in [3.05, 3.63) is 36.9 Å². The third-order valence-corrected chi connectivity index (χ3v) is 3.42. The van der Waals surface area contributed by atoms with Crippen LogP contribution in [0.2, 0.25) is 0 Å². The summed E-state index contributed by atoms with van der Waals surface area (Å²) >= 11 is 0. The van der Waals surface area contributed by atoms with E-state index in [4.69, 9.17) is 14.6 Å². The molecule has 0 saturated carbocycles. The summed E-state index contributed by atoms with van der Waals surface area (Å²) in [5.41, 5.74) is 0.314. The monoisotopic (exact) mass is 325 g/mol. The van der Waals surface area contributed by atoms with Crippen molar-refractivity contribution >= 4 is 11.6 Å². The lowest BCUT2D eigenvalue weighted by atomic mass is 9.99. The molecule has 23 heavy (non-hydrogen) atoms. The molecule has 1 aromatic rings. The van der Waals surface area contributed by atoms with E-state index in [0.29, 0.717) is 5.69 Å². The molecule has 1 heterocycles. The van der Waals surface area contributed by atoms with Crippen LogP contribution in [-0.2, 0) is 9.53 Å². The molecular formula is C15H19NO7. The number of carbonyl (C=O) groups is 1. The first kappa shape index (κ1) is 17.4. The highest BCUT2D eigenvalue weighted by Crippen LogP contribution is 2.29. The van der Waals surface area contributed by atoms with Gasteiger partial charge in [0, 0.05) is 0 Å². The van der Waals surface area contributed by atoms with Crippen LogP contribution in [0, 0.1) is 0 Å². The summed E-state index contributed by atoms with van der Waals surface area (Å²) in [6.07, 6.45) is -5.85. The highest BCUT2D eigenvalue weighted by Gasteiger charge is 2.44. The summed E-state index contributed by atoms with van der Waals surface area (Å²) < 4.78 is 10.7. The van der Waals surface area contributed by atoms with Gasteiger partial charge in [0.15, 0.2) is 0 Å². The van der Waals surface area contributed by atoms with E-state index in [-0.39, 0.29) is 5.75 Å². The van der Waals surface area contributed by atoms with Crippen molar-refractivity contribution in [3.63, 3.8) is 0 Å². The minimum Gasteiger partial charge on any atom is -0.460 e.